The van der Waals surface area contributed by atoms with E-state index in [4.69, 9.17) is 0 Å². The van der Waals surface area contributed by atoms with Crippen LogP contribution in [-0.2, 0) is 4.79 Å². The van der Waals surface area contributed by atoms with Gasteiger partial charge in [0.1, 0.15) is 0 Å². The minimum Gasteiger partial charge on any atom is -0.352 e. The minimum absolute atomic E-state index is 0.00453. The fraction of sp³-hybridized carbons (Fsp3) is 0.619. The number of hydrogen-bond donors (Lipinski definition) is 1. The Labute approximate surface area is 172 Å². The Morgan fingerprint density at radius 1 is 1.10 bits per heavy atom. The molecule has 0 aliphatic heterocycles. The zero-order valence-corrected chi connectivity index (χ0v) is 17.4. The topological polar surface area (TPSA) is 95.8 Å². The molecule has 8 nitrogen and oxygen atoms in total. The number of non-ortho nitro benzene ring substituents is 1. The number of rotatable bonds is 11. The van der Waals surface area contributed by atoms with Crippen LogP contribution in [0.4, 0.5) is 5.69 Å². The second kappa shape index (κ2) is 11.5. The van der Waals surface area contributed by atoms with Crippen molar-refractivity contribution >= 4 is 17.5 Å². The van der Waals surface area contributed by atoms with Crippen molar-refractivity contribution in [2.24, 2.45) is 0 Å². The summed E-state index contributed by atoms with van der Waals surface area (Å²) in [5.74, 6) is -0.420. The first kappa shape index (κ1) is 22.8. The highest BCUT2D eigenvalue weighted by Gasteiger charge is 2.22. The summed E-state index contributed by atoms with van der Waals surface area (Å²) in [4.78, 5) is 39.6. The molecule has 8 heteroatoms. The van der Waals surface area contributed by atoms with Crippen LogP contribution in [0, 0.1) is 10.1 Å². The lowest BCUT2D eigenvalue weighted by molar-refractivity contribution is -0.384. The highest BCUT2D eigenvalue weighted by molar-refractivity contribution is 5.96. The molecule has 0 heterocycles. The lowest BCUT2D eigenvalue weighted by Gasteiger charge is -2.25. The minimum atomic E-state index is -0.495. The SMILES string of the molecule is CCN(CC)CCCN(CC(=O)NC1CCCC1)C(=O)c1ccc([N+](=O)[O-])cc1. The molecule has 0 spiro atoms. The molecular weight excluding hydrogens is 372 g/mol. The molecule has 0 saturated heterocycles. The molecule has 0 aromatic heterocycles. The van der Waals surface area contributed by atoms with Crippen molar-refractivity contribution in [3.8, 4) is 0 Å². The molecule has 2 amide bonds. The second-order valence-corrected chi connectivity index (χ2v) is 7.46. The lowest BCUT2D eigenvalue weighted by Crippen LogP contribution is -2.44. The zero-order valence-electron chi connectivity index (χ0n) is 17.4. The summed E-state index contributed by atoms with van der Waals surface area (Å²) in [5, 5.41) is 13.9. The molecule has 160 valence electrons. The first-order valence-corrected chi connectivity index (χ1v) is 10.5. The van der Waals surface area contributed by atoms with E-state index in [1.165, 1.54) is 24.3 Å². The van der Waals surface area contributed by atoms with Crippen molar-refractivity contribution in [3.05, 3.63) is 39.9 Å². The van der Waals surface area contributed by atoms with Crippen molar-refractivity contribution in [2.45, 2.75) is 52.0 Å². The average Bonchev–Trinajstić information content (AvgIpc) is 3.22. The maximum atomic E-state index is 13.0. The van der Waals surface area contributed by atoms with Crippen molar-refractivity contribution in [1.29, 1.82) is 0 Å². The van der Waals surface area contributed by atoms with Gasteiger partial charge in [0.15, 0.2) is 0 Å². The van der Waals surface area contributed by atoms with E-state index < -0.39 is 4.92 Å². The van der Waals surface area contributed by atoms with Crippen LogP contribution in [0.2, 0.25) is 0 Å². The molecule has 0 unspecified atom stereocenters. The molecule has 1 N–H and O–H groups in total. The van der Waals surface area contributed by atoms with Gasteiger partial charge in [-0.15, -0.1) is 0 Å². The number of nitro groups is 1. The maximum absolute atomic E-state index is 13.0. The fourth-order valence-electron chi connectivity index (χ4n) is 3.70. The lowest BCUT2D eigenvalue weighted by atomic mass is 10.1. The standard InChI is InChI=1S/C21H32N4O4/c1-3-23(4-2)14-7-15-24(16-20(26)22-18-8-5-6-9-18)21(27)17-10-12-19(13-11-17)25(28)29/h10-13,18H,3-9,14-16H2,1-2H3,(H,22,26). The molecule has 2 rings (SSSR count). The summed E-state index contributed by atoms with van der Waals surface area (Å²) in [7, 11) is 0. The van der Waals surface area contributed by atoms with E-state index >= 15 is 0 Å². The smallest absolute Gasteiger partial charge is 0.269 e. The summed E-state index contributed by atoms with van der Waals surface area (Å²) in [6.07, 6.45) is 4.99. The molecule has 0 radical (unpaired) electrons. The van der Waals surface area contributed by atoms with Gasteiger partial charge in [0.2, 0.25) is 5.91 Å². The number of nitrogens with zero attached hydrogens (tertiary/aromatic N) is 3. The molecule has 29 heavy (non-hydrogen) atoms. The molecule has 1 aliphatic rings. The third-order valence-corrected chi connectivity index (χ3v) is 5.46. The summed E-state index contributed by atoms with van der Waals surface area (Å²) < 4.78 is 0. The largest absolute Gasteiger partial charge is 0.352 e. The van der Waals surface area contributed by atoms with Gasteiger partial charge in [-0.2, -0.15) is 0 Å². The van der Waals surface area contributed by atoms with Crippen LogP contribution in [0.3, 0.4) is 0 Å². The van der Waals surface area contributed by atoms with Gasteiger partial charge in [-0.25, -0.2) is 0 Å². The van der Waals surface area contributed by atoms with Gasteiger partial charge < -0.3 is 15.1 Å². The van der Waals surface area contributed by atoms with Crippen LogP contribution in [0.15, 0.2) is 24.3 Å². The molecular formula is C21H32N4O4. The van der Waals surface area contributed by atoms with E-state index in [1.807, 2.05) is 0 Å². The second-order valence-electron chi connectivity index (χ2n) is 7.46. The third kappa shape index (κ3) is 7.12. The van der Waals surface area contributed by atoms with Gasteiger partial charge in [0, 0.05) is 30.3 Å². The summed E-state index contributed by atoms with van der Waals surface area (Å²) >= 11 is 0. The third-order valence-electron chi connectivity index (χ3n) is 5.46. The van der Waals surface area contributed by atoms with Gasteiger partial charge in [-0.05, 0) is 51.0 Å². The quantitative estimate of drug-likeness (QED) is 0.452. The van der Waals surface area contributed by atoms with Gasteiger partial charge in [-0.3, -0.25) is 19.7 Å². The molecule has 0 bridgehead atoms. The maximum Gasteiger partial charge on any atom is 0.269 e. The van der Waals surface area contributed by atoms with Gasteiger partial charge in [0.25, 0.3) is 11.6 Å². The van der Waals surface area contributed by atoms with E-state index in [-0.39, 0.29) is 30.1 Å². The Morgan fingerprint density at radius 2 is 1.72 bits per heavy atom. The number of nitro benzene ring substituents is 1. The Morgan fingerprint density at radius 3 is 2.28 bits per heavy atom. The summed E-state index contributed by atoms with van der Waals surface area (Å²) in [6, 6.07) is 5.74. The van der Waals surface area contributed by atoms with Crippen LogP contribution in [-0.4, -0.2) is 65.3 Å². The van der Waals surface area contributed by atoms with Gasteiger partial charge in [-0.1, -0.05) is 26.7 Å². The van der Waals surface area contributed by atoms with Crippen LogP contribution in [0.25, 0.3) is 0 Å². The van der Waals surface area contributed by atoms with E-state index in [0.29, 0.717) is 12.1 Å². The zero-order chi connectivity index (χ0) is 21.2. The Bertz CT molecular complexity index is 682. The predicted octanol–water partition coefficient (Wildman–Crippen LogP) is 2.83. The molecule has 0 atom stereocenters. The number of amides is 2. The Kier molecular flexibility index (Phi) is 9.05. The summed E-state index contributed by atoms with van der Waals surface area (Å²) in [5.41, 5.74) is 0.292. The molecule has 1 fully saturated rings. The first-order valence-electron chi connectivity index (χ1n) is 10.5. The highest BCUT2D eigenvalue weighted by Crippen LogP contribution is 2.18. The predicted molar refractivity (Wildman–Crippen MR) is 112 cm³/mol. The number of nitrogens with one attached hydrogen (secondary N) is 1. The number of hydrogen-bond acceptors (Lipinski definition) is 5. The fourth-order valence-corrected chi connectivity index (χ4v) is 3.70. The van der Waals surface area contributed by atoms with E-state index in [1.54, 1.807) is 4.90 Å². The van der Waals surface area contributed by atoms with Gasteiger partial charge >= 0.3 is 0 Å². The monoisotopic (exact) mass is 404 g/mol. The summed E-state index contributed by atoms with van der Waals surface area (Å²) in [6.45, 7) is 7.39. The van der Waals surface area contributed by atoms with E-state index in [0.717, 1.165) is 51.7 Å². The molecule has 1 aliphatic carbocycles. The number of carbonyl (C=O) groups is 2. The number of carbonyl (C=O) groups excluding carboxylic acids is 2. The van der Waals surface area contributed by atoms with Crippen LogP contribution in [0.1, 0.15) is 56.3 Å². The van der Waals surface area contributed by atoms with Crippen LogP contribution < -0.4 is 5.32 Å². The molecule has 1 aromatic carbocycles. The Balaban J connectivity index is 2.03. The average molecular weight is 405 g/mol. The van der Waals surface area contributed by atoms with E-state index in [2.05, 4.69) is 24.1 Å². The molecule has 1 aromatic rings. The van der Waals surface area contributed by atoms with Crippen LogP contribution >= 0.6 is 0 Å². The Hall–Kier alpha value is -2.48. The van der Waals surface area contributed by atoms with Crippen molar-refractivity contribution < 1.29 is 14.5 Å². The van der Waals surface area contributed by atoms with Crippen molar-refractivity contribution in [3.63, 3.8) is 0 Å². The van der Waals surface area contributed by atoms with E-state index in [9.17, 15) is 19.7 Å². The van der Waals surface area contributed by atoms with Gasteiger partial charge in [0.05, 0.1) is 11.5 Å². The van der Waals surface area contributed by atoms with Crippen molar-refractivity contribution in [2.75, 3.05) is 32.7 Å². The first-order chi connectivity index (χ1) is 13.9. The number of benzene rings is 1. The van der Waals surface area contributed by atoms with Crippen LogP contribution in [0.5, 0.6) is 0 Å². The molecule has 1 saturated carbocycles. The normalized spacial score (nSPS) is 14.2. The highest BCUT2D eigenvalue weighted by atomic mass is 16.6. The van der Waals surface area contributed by atoms with Crippen molar-refractivity contribution in [1.82, 2.24) is 15.1 Å².